The molecule has 0 spiro atoms. The van der Waals surface area contributed by atoms with Crippen LogP contribution >= 0.6 is 11.6 Å². The van der Waals surface area contributed by atoms with E-state index < -0.39 is 0 Å². The van der Waals surface area contributed by atoms with E-state index in [2.05, 4.69) is 12.2 Å². The van der Waals surface area contributed by atoms with Gasteiger partial charge in [0.15, 0.2) is 0 Å². The van der Waals surface area contributed by atoms with E-state index in [-0.39, 0.29) is 5.82 Å². The molecule has 16 heavy (non-hydrogen) atoms. The van der Waals surface area contributed by atoms with Crippen molar-refractivity contribution in [2.45, 2.75) is 38.6 Å². The molecule has 0 bridgehead atoms. The standard InChI is InChI=1S/C13H19ClFN/c1-3-12(16-2)6-4-5-10-7-8-11(15)9-13(10)14/h7-9,12,16H,3-6H2,1-2H3. The van der Waals surface area contributed by atoms with Gasteiger partial charge in [0.25, 0.3) is 0 Å². The summed E-state index contributed by atoms with van der Waals surface area (Å²) in [6.45, 7) is 2.17. The molecule has 90 valence electrons. The van der Waals surface area contributed by atoms with Gasteiger partial charge in [-0.15, -0.1) is 0 Å². The maximum Gasteiger partial charge on any atom is 0.124 e. The van der Waals surface area contributed by atoms with E-state index in [0.29, 0.717) is 11.1 Å². The maximum absolute atomic E-state index is 12.8. The highest BCUT2D eigenvalue weighted by molar-refractivity contribution is 6.31. The second kappa shape index (κ2) is 6.87. The summed E-state index contributed by atoms with van der Waals surface area (Å²) < 4.78 is 12.8. The SMILES string of the molecule is CCC(CCCc1ccc(F)cc1Cl)NC. The van der Waals surface area contributed by atoms with E-state index in [1.54, 1.807) is 6.07 Å². The Balaban J connectivity index is 2.42. The van der Waals surface area contributed by atoms with Gasteiger partial charge < -0.3 is 5.32 Å². The van der Waals surface area contributed by atoms with Crippen LogP contribution in [0.5, 0.6) is 0 Å². The molecule has 1 nitrogen and oxygen atoms in total. The lowest BCUT2D eigenvalue weighted by atomic mass is 10.0. The second-order valence-electron chi connectivity index (χ2n) is 4.02. The molecule has 0 saturated carbocycles. The van der Waals surface area contributed by atoms with Crippen LogP contribution in [0.4, 0.5) is 4.39 Å². The van der Waals surface area contributed by atoms with Gasteiger partial charge in [0.1, 0.15) is 5.82 Å². The zero-order chi connectivity index (χ0) is 12.0. The molecule has 1 N–H and O–H groups in total. The van der Waals surface area contributed by atoms with Crippen LogP contribution in [0, 0.1) is 5.82 Å². The first-order valence-electron chi connectivity index (χ1n) is 5.78. The summed E-state index contributed by atoms with van der Waals surface area (Å²) in [5.74, 6) is -0.268. The average molecular weight is 244 g/mol. The first-order valence-corrected chi connectivity index (χ1v) is 6.16. The first-order chi connectivity index (χ1) is 7.67. The average Bonchev–Trinajstić information content (AvgIpc) is 2.27. The van der Waals surface area contributed by atoms with Crippen molar-refractivity contribution in [3.8, 4) is 0 Å². The van der Waals surface area contributed by atoms with Crippen LogP contribution in [0.25, 0.3) is 0 Å². The summed E-state index contributed by atoms with van der Waals surface area (Å²) >= 11 is 5.96. The number of aryl methyl sites for hydroxylation is 1. The summed E-state index contributed by atoms with van der Waals surface area (Å²) in [6.07, 6.45) is 4.25. The summed E-state index contributed by atoms with van der Waals surface area (Å²) in [6, 6.07) is 5.19. The van der Waals surface area contributed by atoms with Crippen LogP contribution < -0.4 is 5.32 Å². The topological polar surface area (TPSA) is 12.0 Å². The molecule has 0 amide bonds. The Hall–Kier alpha value is -0.600. The number of hydrogen-bond acceptors (Lipinski definition) is 1. The fourth-order valence-corrected chi connectivity index (χ4v) is 2.08. The van der Waals surface area contributed by atoms with E-state index in [9.17, 15) is 4.39 Å². The zero-order valence-electron chi connectivity index (χ0n) is 9.89. The minimum atomic E-state index is -0.268. The number of nitrogens with one attached hydrogen (secondary N) is 1. The van der Waals surface area contributed by atoms with E-state index in [1.165, 1.54) is 12.1 Å². The zero-order valence-corrected chi connectivity index (χ0v) is 10.6. The van der Waals surface area contributed by atoms with Gasteiger partial charge >= 0.3 is 0 Å². The van der Waals surface area contributed by atoms with Gasteiger partial charge in [-0.05, 0) is 50.4 Å². The molecule has 0 fully saturated rings. The summed E-state index contributed by atoms with van der Waals surface area (Å²) in [7, 11) is 1.99. The van der Waals surface area contributed by atoms with E-state index in [1.807, 2.05) is 7.05 Å². The third-order valence-electron chi connectivity index (χ3n) is 2.91. The van der Waals surface area contributed by atoms with Gasteiger partial charge in [-0.25, -0.2) is 4.39 Å². The largest absolute Gasteiger partial charge is 0.317 e. The molecule has 1 unspecified atom stereocenters. The van der Waals surface area contributed by atoms with Gasteiger partial charge in [-0.2, -0.15) is 0 Å². The highest BCUT2D eigenvalue weighted by Crippen LogP contribution is 2.19. The molecule has 0 heterocycles. The quantitative estimate of drug-likeness (QED) is 0.802. The third-order valence-corrected chi connectivity index (χ3v) is 3.27. The first kappa shape index (κ1) is 13.5. The maximum atomic E-state index is 12.8. The summed E-state index contributed by atoms with van der Waals surface area (Å²) in [5.41, 5.74) is 1.04. The third kappa shape index (κ3) is 4.11. The molecule has 1 aromatic carbocycles. The Labute approximate surface area is 102 Å². The lowest BCUT2D eigenvalue weighted by molar-refractivity contribution is 0.491. The Morgan fingerprint density at radius 1 is 1.44 bits per heavy atom. The minimum absolute atomic E-state index is 0.268. The Kier molecular flexibility index (Phi) is 5.78. The molecule has 0 aliphatic heterocycles. The highest BCUT2D eigenvalue weighted by Gasteiger charge is 2.05. The van der Waals surface area contributed by atoms with Crippen LogP contribution in [0.2, 0.25) is 5.02 Å². The van der Waals surface area contributed by atoms with Crippen LogP contribution in [-0.4, -0.2) is 13.1 Å². The smallest absolute Gasteiger partial charge is 0.124 e. The van der Waals surface area contributed by atoms with Crippen molar-refractivity contribution in [1.29, 1.82) is 0 Å². The molecule has 0 aliphatic carbocycles. The fourth-order valence-electron chi connectivity index (χ4n) is 1.82. The van der Waals surface area contributed by atoms with Crippen LogP contribution in [0.3, 0.4) is 0 Å². The van der Waals surface area contributed by atoms with Crippen molar-refractivity contribution in [2.24, 2.45) is 0 Å². The monoisotopic (exact) mass is 243 g/mol. The molecular formula is C13H19ClFN. The van der Waals surface area contributed by atoms with Crippen molar-refractivity contribution in [3.63, 3.8) is 0 Å². The van der Waals surface area contributed by atoms with Gasteiger partial charge in [-0.1, -0.05) is 24.6 Å². The lowest BCUT2D eigenvalue weighted by Crippen LogP contribution is -2.23. The molecule has 1 atom stereocenters. The van der Waals surface area contributed by atoms with E-state index in [0.717, 1.165) is 31.2 Å². The summed E-state index contributed by atoms with van der Waals surface area (Å²) in [5, 5.41) is 3.81. The van der Waals surface area contributed by atoms with Crippen molar-refractivity contribution in [3.05, 3.63) is 34.6 Å². The number of halogens is 2. The lowest BCUT2D eigenvalue weighted by Gasteiger charge is -2.13. The molecule has 1 rings (SSSR count). The van der Waals surface area contributed by atoms with Gasteiger partial charge in [0.2, 0.25) is 0 Å². The van der Waals surface area contributed by atoms with Crippen LogP contribution in [0.15, 0.2) is 18.2 Å². The van der Waals surface area contributed by atoms with Gasteiger partial charge in [0.05, 0.1) is 0 Å². The van der Waals surface area contributed by atoms with Crippen molar-refractivity contribution in [1.82, 2.24) is 5.32 Å². The summed E-state index contributed by atoms with van der Waals surface area (Å²) in [4.78, 5) is 0. The molecule has 3 heteroatoms. The minimum Gasteiger partial charge on any atom is -0.317 e. The van der Waals surface area contributed by atoms with Crippen LogP contribution in [0.1, 0.15) is 31.7 Å². The highest BCUT2D eigenvalue weighted by atomic mass is 35.5. The number of rotatable bonds is 6. The number of benzene rings is 1. The van der Waals surface area contributed by atoms with Gasteiger partial charge in [0, 0.05) is 11.1 Å². The van der Waals surface area contributed by atoms with Crippen molar-refractivity contribution in [2.75, 3.05) is 7.05 Å². The van der Waals surface area contributed by atoms with Crippen molar-refractivity contribution < 1.29 is 4.39 Å². The molecule has 0 saturated heterocycles. The second-order valence-corrected chi connectivity index (χ2v) is 4.43. The molecular weight excluding hydrogens is 225 g/mol. The molecule has 1 aromatic rings. The number of hydrogen-bond donors (Lipinski definition) is 1. The van der Waals surface area contributed by atoms with Crippen LogP contribution in [-0.2, 0) is 6.42 Å². The fraction of sp³-hybridized carbons (Fsp3) is 0.538. The van der Waals surface area contributed by atoms with E-state index >= 15 is 0 Å². The van der Waals surface area contributed by atoms with Crippen molar-refractivity contribution >= 4 is 11.6 Å². The predicted octanol–water partition coefficient (Wildman–Crippen LogP) is 3.80. The Morgan fingerprint density at radius 3 is 2.75 bits per heavy atom. The normalized spacial score (nSPS) is 12.8. The molecule has 0 aromatic heterocycles. The molecule has 0 radical (unpaired) electrons. The Morgan fingerprint density at radius 2 is 2.19 bits per heavy atom. The predicted molar refractivity (Wildman–Crippen MR) is 67.5 cm³/mol. The van der Waals surface area contributed by atoms with E-state index in [4.69, 9.17) is 11.6 Å². The Bertz CT molecular complexity index is 324. The molecule has 0 aliphatic rings. The van der Waals surface area contributed by atoms with Gasteiger partial charge in [-0.3, -0.25) is 0 Å².